The Bertz CT molecular complexity index is 474. The van der Waals surface area contributed by atoms with Crippen molar-refractivity contribution in [1.82, 2.24) is 5.32 Å². The van der Waals surface area contributed by atoms with Crippen molar-refractivity contribution in [3.8, 4) is 6.07 Å². The number of amides is 1. The Kier molecular flexibility index (Phi) is 3.90. The molecule has 0 aliphatic rings. The van der Waals surface area contributed by atoms with Crippen LogP contribution in [-0.4, -0.2) is 11.4 Å². The molecule has 0 fully saturated rings. The summed E-state index contributed by atoms with van der Waals surface area (Å²) >= 11 is 0. The standard InChI is InChI=1S/C14H18N2O/c1-5-14(4,9-15)16-13(17)12-7-6-10(2)8-11(12)3/h6-8H,5H2,1-4H3,(H,16,17). The van der Waals surface area contributed by atoms with Crippen LogP contribution >= 0.6 is 0 Å². The summed E-state index contributed by atoms with van der Waals surface area (Å²) in [5.74, 6) is -0.187. The van der Waals surface area contributed by atoms with E-state index in [2.05, 4.69) is 11.4 Å². The normalized spacial score (nSPS) is 13.6. The highest BCUT2D eigenvalue weighted by atomic mass is 16.1. The molecular formula is C14H18N2O. The topological polar surface area (TPSA) is 52.9 Å². The van der Waals surface area contributed by atoms with E-state index in [1.165, 1.54) is 0 Å². The van der Waals surface area contributed by atoms with Gasteiger partial charge in [0.25, 0.3) is 5.91 Å². The predicted octanol–water partition coefficient (Wildman–Crippen LogP) is 2.73. The average Bonchev–Trinajstić information content (AvgIpc) is 2.28. The predicted molar refractivity (Wildman–Crippen MR) is 67.7 cm³/mol. The van der Waals surface area contributed by atoms with E-state index >= 15 is 0 Å². The van der Waals surface area contributed by atoms with Crippen LogP contribution in [0.2, 0.25) is 0 Å². The Hall–Kier alpha value is -1.82. The number of carbonyl (C=O) groups is 1. The zero-order valence-corrected chi connectivity index (χ0v) is 10.8. The molecule has 90 valence electrons. The van der Waals surface area contributed by atoms with Gasteiger partial charge in [0.15, 0.2) is 0 Å². The van der Waals surface area contributed by atoms with Crippen molar-refractivity contribution < 1.29 is 4.79 Å². The molecule has 0 spiro atoms. The minimum absolute atomic E-state index is 0.187. The Morgan fingerprint density at radius 1 is 1.47 bits per heavy atom. The lowest BCUT2D eigenvalue weighted by Gasteiger charge is -2.21. The largest absolute Gasteiger partial charge is 0.334 e. The second-order valence-electron chi connectivity index (χ2n) is 4.57. The fourth-order valence-corrected chi connectivity index (χ4v) is 1.58. The molecule has 1 aromatic carbocycles. The maximum absolute atomic E-state index is 12.0. The van der Waals surface area contributed by atoms with Crippen molar-refractivity contribution in [3.05, 3.63) is 34.9 Å². The molecule has 3 heteroatoms. The summed E-state index contributed by atoms with van der Waals surface area (Å²) < 4.78 is 0. The van der Waals surface area contributed by atoms with Crippen LogP contribution < -0.4 is 5.32 Å². The maximum Gasteiger partial charge on any atom is 0.252 e. The number of carbonyl (C=O) groups excluding carboxylic acids is 1. The van der Waals surface area contributed by atoms with Gasteiger partial charge in [0.2, 0.25) is 0 Å². The molecule has 0 heterocycles. The van der Waals surface area contributed by atoms with Crippen LogP contribution in [0.15, 0.2) is 18.2 Å². The Morgan fingerprint density at radius 2 is 2.12 bits per heavy atom. The van der Waals surface area contributed by atoms with Crippen LogP contribution in [0.3, 0.4) is 0 Å². The van der Waals surface area contributed by atoms with Gasteiger partial charge in [0.1, 0.15) is 5.54 Å². The van der Waals surface area contributed by atoms with Crippen molar-refractivity contribution in [1.29, 1.82) is 5.26 Å². The number of hydrogen-bond donors (Lipinski definition) is 1. The van der Waals surface area contributed by atoms with Gasteiger partial charge in [-0.25, -0.2) is 0 Å². The van der Waals surface area contributed by atoms with E-state index < -0.39 is 5.54 Å². The lowest BCUT2D eigenvalue weighted by molar-refractivity contribution is 0.0922. The molecule has 1 N–H and O–H groups in total. The lowest BCUT2D eigenvalue weighted by Crippen LogP contribution is -2.44. The Morgan fingerprint density at radius 3 is 2.59 bits per heavy atom. The molecule has 17 heavy (non-hydrogen) atoms. The molecule has 0 radical (unpaired) electrons. The highest BCUT2D eigenvalue weighted by molar-refractivity contribution is 5.96. The number of nitrogens with one attached hydrogen (secondary N) is 1. The molecule has 1 amide bonds. The number of benzene rings is 1. The molecule has 3 nitrogen and oxygen atoms in total. The quantitative estimate of drug-likeness (QED) is 0.868. The van der Waals surface area contributed by atoms with Crippen molar-refractivity contribution in [2.45, 2.75) is 39.7 Å². The summed E-state index contributed by atoms with van der Waals surface area (Å²) in [5.41, 5.74) is 1.89. The third kappa shape index (κ3) is 3.07. The first-order valence-electron chi connectivity index (χ1n) is 5.73. The van der Waals surface area contributed by atoms with E-state index in [4.69, 9.17) is 5.26 Å². The molecule has 0 aliphatic heterocycles. The molecule has 1 atom stereocenters. The van der Waals surface area contributed by atoms with Crippen LogP contribution in [0.1, 0.15) is 41.8 Å². The minimum Gasteiger partial charge on any atom is -0.334 e. The zero-order valence-electron chi connectivity index (χ0n) is 10.8. The van der Waals surface area contributed by atoms with Crippen molar-refractivity contribution >= 4 is 5.91 Å². The molecule has 1 aromatic rings. The first-order chi connectivity index (χ1) is 7.91. The van der Waals surface area contributed by atoms with E-state index in [-0.39, 0.29) is 5.91 Å². The molecule has 0 aliphatic carbocycles. The fraction of sp³-hybridized carbons (Fsp3) is 0.429. The number of hydrogen-bond acceptors (Lipinski definition) is 2. The summed E-state index contributed by atoms with van der Waals surface area (Å²) in [5, 5.41) is 11.8. The Balaban J connectivity index is 2.95. The molecule has 0 bridgehead atoms. The highest BCUT2D eigenvalue weighted by Gasteiger charge is 2.24. The van der Waals surface area contributed by atoms with Gasteiger partial charge in [-0.3, -0.25) is 4.79 Å². The second kappa shape index (κ2) is 5.01. The monoisotopic (exact) mass is 230 g/mol. The molecule has 0 saturated carbocycles. The summed E-state index contributed by atoms with van der Waals surface area (Å²) in [6.07, 6.45) is 0.583. The van der Waals surface area contributed by atoms with Gasteiger partial charge in [-0.05, 0) is 38.8 Å². The highest BCUT2D eigenvalue weighted by Crippen LogP contribution is 2.13. The molecular weight excluding hydrogens is 212 g/mol. The van der Waals surface area contributed by atoms with E-state index in [0.717, 1.165) is 11.1 Å². The van der Waals surface area contributed by atoms with Gasteiger partial charge in [-0.2, -0.15) is 5.26 Å². The third-order valence-electron chi connectivity index (χ3n) is 2.97. The zero-order chi connectivity index (χ0) is 13.1. The number of aryl methyl sites for hydroxylation is 2. The molecule has 0 saturated heterocycles. The molecule has 1 rings (SSSR count). The van der Waals surface area contributed by atoms with Crippen LogP contribution in [-0.2, 0) is 0 Å². The van der Waals surface area contributed by atoms with Crippen LogP contribution in [0.25, 0.3) is 0 Å². The lowest BCUT2D eigenvalue weighted by atomic mass is 9.99. The Labute approximate surface area is 102 Å². The van der Waals surface area contributed by atoms with E-state index in [0.29, 0.717) is 12.0 Å². The van der Waals surface area contributed by atoms with Gasteiger partial charge < -0.3 is 5.32 Å². The third-order valence-corrected chi connectivity index (χ3v) is 2.97. The molecule has 1 unspecified atom stereocenters. The first kappa shape index (κ1) is 13.2. The van der Waals surface area contributed by atoms with Crippen molar-refractivity contribution in [2.24, 2.45) is 0 Å². The fourth-order valence-electron chi connectivity index (χ4n) is 1.58. The number of rotatable bonds is 3. The summed E-state index contributed by atoms with van der Waals surface area (Å²) in [6, 6.07) is 7.79. The van der Waals surface area contributed by atoms with Gasteiger partial charge in [-0.1, -0.05) is 24.6 Å². The van der Waals surface area contributed by atoms with Gasteiger partial charge >= 0.3 is 0 Å². The van der Waals surface area contributed by atoms with Gasteiger partial charge in [-0.15, -0.1) is 0 Å². The summed E-state index contributed by atoms with van der Waals surface area (Å²) in [4.78, 5) is 12.0. The second-order valence-corrected chi connectivity index (χ2v) is 4.57. The summed E-state index contributed by atoms with van der Waals surface area (Å²) in [6.45, 7) is 7.50. The van der Waals surface area contributed by atoms with Crippen molar-refractivity contribution in [2.75, 3.05) is 0 Å². The van der Waals surface area contributed by atoms with E-state index in [9.17, 15) is 4.79 Å². The van der Waals surface area contributed by atoms with E-state index in [1.54, 1.807) is 13.0 Å². The van der Waals surface area contributed by atoms with Gasteiger partial charge in [0, 0.05) is 5.56 Å². The van der Waals surface area contributed by atoms with Crippen LogP contribution in [0.5, 0.6) is 0 Å². The van der Waals surface area contributed by atoms with Crippen LogP contribution in [0.4, 0.5) is 0 Å². The van der Waals surface area contributed by atoms with E-state index in [1.807, 2.05) is 32.9 Å². The smallest absolute Gasteiger partial charge is 0.252 e. The average molecular weight is 230 g/mol. The van der Waals surface area contributed by atoms with Crippen molar-refractivity contribution in [3.63, 3.8) is 0 Å². The minimum atomic E-state index is -0.797. The SMILES string of the molecule is CCC(C)(C#N)NC(=O)c1ccc(C)cc1C. The summed E-state index contributed by atoms with van der Waals surface area (Å²) in [7, 11) is 0. The van der Waals surface area contributed by atoms with Gasteiger partial charge in [0.05, 0.1) is 6.07 Å². The first-order valence-corrected chi connectivity index (χ1v) is 5.73. The molecule has 0 aromatic heterocycles. The maximum atomic E-state index is 12.0. The van der Waals surface area contributed by atoms with Crippen LogP contribution in [0, 0.1) is 25.2 Å². The number of nitriles is 1. The number of nitrogens with zero attached hydrogens (tertiary/aromatic N) is 1.